The minimum atomic E-state index is -0.0729. The van der Waals surface area contributed by atoms with Gasteiger partial charge in [0.05, 0.1) is 6.54 Å². The third kappa shape index (κ3) is 3.53. The summed E-state index contributed by atoms with van der Waals surface area (Å²) in [4.78, 5) is 29.9. The Kier molecular flexibility index (Phi) is 4.69. The van der Waals surface area contributed by atoms with Gasteiger partial charge in [-0.25, -0.2) is 4.98 Å². The first kappa shape index (κ1) is 18.0. The van der Waals surface area contributed by atoms with Crippen molar-refractivity contribution in [1.29, 1.82) is 0 Å². The molecule has 1 aliphatic heterocycles. The predicted molar refractivity (Wildman–Crippen MR) is 110 cm³/mol. The fourth-order valence-electron chi connectivity index (χ4n) is 3.48. The summed E-state index contributed by atoms with van der Waals surface area (Å²) >= 11 is 0. The maximum Gasteiger partial charge on any atom is 0.246 e. The third-order valence-corrected chi connectivity index (χ3v) is 5.11. The second kappa shape index (κ2) is 7.31. The van der Waals surface area contributed by atoms with Gasteiger partial charge in [0.2, 0.25) is 11.8 Å². The van der Waals surface area contributed by atoms with Crippen LogP contribution in [-0.2, 0) is 29.6 Å². The topological polar surface area (TPSA) is 67.2 Å². The fourth-order valence-corrected chi connectivity index (χ4v) is 3.48. The molecule has 3 heterocycles. The van der Waals surface area contributed by atoms with Gasteiger partial charge in [0.25, 0.3) is 0 Å². The van der Waals surface area contributed by atoms with E-state index >= 15 is 0 Å². The summed E-state index contributed by atoms with van der Waals surface area (Å²) in [5, 5.41) is 3.93. The Balaban J connectivity index is 1.45. The van der Waals surface area contributed by atoms with E-state index in [9.17, 15) is 9.59 Å². The molecule has 0 unspecified atom stereocenters. The Bertz CT molecular complexity index is 1100. The predicted octanol–water partition coefficient (Wildman–Crippen LogP) is 3.13. The Hall–Kier alpha value is -3.41. The van der Waals surface area contributed by atoms with Gasteiger partial charge in [-0.3, -0.25) is 9.59 Å². The van der Waals surface area contributed by atoms with Gasteiger partial charge in [-0.15, -0.1) is 0 Å². The first-order chi connectivity index (χ1) is 13.5. The van der Waals surface area contributed by atoms with Crippen LogP contribution >= 0.6 is 0 Å². The number of amides is 2. The fraction of sp³-hybridized carbons (Fsp3) is 0.227. The van der Waals surface area contributed by atoms with Crippen LogP contribution < -0.4 is 5.32 Å². The zero-order chi connectivity index (χ0) is 19.7. The number of nitrogens with one attached hydrogen (secondary N) is 1. The number of carbonyl (C=O) groups is 2. The molecule has 2 amide bonds. The highest BCUT2D eigenvalue weighted by molar-refractivity contribution is 5.93. The van der Waals surface area contributed by atoms with Crippen molar-refractivity contribution < 1.29 is 9.59 Å². The van der Waals surface area contributed by atoms with E-state index in [0.29, 0.717) is 25.2 Å². The third-order valence-electron chi connectivity index (χ3n) is 5.11. The zero-order valence-electron chi connectivity index (χ0n) is 16.0. The number of likely N-dealkylation sites (N-methyl/N-ethyl adjacent to an activating group) is 1. The van der Waals surface area contributed by atoms with E-state index in [4.69, 9.17) is 0 Å². The molecular weight excluding hydrogens is 352 g/mol. The highest BCUT2D eigenvalue weighted by atomic mass is 16.2. The van der Waals surface area contributed by atoms with E-state index in [1.807, 2.05) is 25.2 Å². The number of fused-ring (bicyclic) bond motifs is 2. The smallest absolute Gasteiger partial charge is 0.246 e. The van der Waals surface area contributed by atoms with Gasteiger partial charge in [0.15, 0.2) is 0 Å². The Morgan fingerprint density at radius 1 is 1.29 bits per heavy atom. The number of anilines is 1. The molecule has 28 heavy (non-hydrogen) atoms. The number of para-hydroxylation sites is 1. The standard InChI is InChI=1S/C22H22N4O2/c1-25(14-18-12-16-5-3-4-6-19(16)26(18)2)21(28)10-7-15-11-17-8-9-20(27)24-22(17)23-13-15/h3-7,10-13H,8-9,14H2,1-2H3,(H,23,24,27)/b10-7+. The first-order valence-corrected chi connectivity index (χ1v) is 9.26. The van der Waals surface area contributed by atoms with Crippen LogP contribution in [0.3, 0.4) is 0 Å². The molecule has 0 saturated carbocycles. The molecule has 0 saturated heterocycles. The van der Waals surface area contributed by atoms with E-state index in [1.54, 1.807) is 30.3 Å². The van der Waals surface area contributed by atoms with Crippen LogP contribution in [0.5, 0.6) is 0 Å². The van der Waals surface area contributed by atoms with Crippen molar-refractivity contribution in [1.82, 2.24) is 14.5 Å². The molecule has 0 atom stereocenters. The molecule has 0 spiro atoms. The van der Waals surface area contributed by atoms with E-state index in [1.165, 1.54) is 5.39 Å². The van der Waals surface area contributed by atoms with Gasteiger partial charge in [-0.05, 0) is 47.2 Å². The normalized spacial score (nSPS) is 13.6. The van der Waals surface area contributed by atoms with Crippen molar-refractivity contribution in [3.05, 3.63) is 65.5 Å². The molecule has 0 radical (unpaired) electrons. The molecule has 3 aromatic rings. The lowest BCUT2D eigenvalue weighted by atomic mass is 10.0. The van der Waals surface area contributed by atoms with Gasteiger partial charge < -0.3 is 14.8 Å². The molecule has 0 aliphatic carbocycles. The lowest BCUT2D eigenvalue weighted by Gasteiger charge is -2.16. The number of hydrogen-bond donors (Lipinski definition) is 1. The molecule has 6 nitrogen and oxygen atoms in total. The van der Waals surface area contributed by atoms with E-state index in [-0.39, 0.29) is 11.8 Å². The summed E-state index contributed by atoms with van der Waals surface area (Å²) in [6, 6.07) is 12.3. The summed E-state index contributed by atoms with van der Waals surface area (Å²) in [5.74, 6) is 0.539. The molecule has 1 N–H and O–H groups in total. The molecule has 4 rings (SSSR count). The molecule has 6 heteroatoms. The van der Waals surface area contributed by atoms with Crippen molar-refractivity contribution >= 4 is 34.6 Å². The minimum Gasteiger partial charge on any atom is -0.346 e. The summed E-state index contributed by atoms with van der Waals surface area (Å²) < 4.78 is 2.12. The van der Waals surface area contributed by atoms with Crippen LogP contribution in [0.4, 0.5) is 5.82 Å². The van der Waals surface area contributed by atoms with Gasteiger partial charge >= 0.3 is 0 Å². The Morgan fingerprint density at radius 2 is 2.11 bits per heavy atom. The van der Waals surface area contributed by atoms with Crippen molar-refractivity contribution in [3.8, 4) is 0 Å². The molecule has 1 aromatic carbocycles. The molecule has 2 aromatic heterocycles. The zero-order valence-corrected chi connectivity index (χ0v) is 16.0. The average molecular weight is 374 g/mol. The van der Waals surface area contributed by atoms with Crippen LogP contribution in [0.15, 0.2) is 48.7 Å². The maximum absolute atomic E-state index is 12.5. The van der Waals surface area contributed by atoms with Crippen molar-refractivity contribution in [2.24, 2.45) is 7.05 Å². The SMILES string of the molecule is CN(Cc1cc2ccccc2n1C)C(=O)/C=C/c1cnc2c(c1)CCC(=O)N2. The summed E-state index contributed by atoms with van der Waals surface area (Å²) in [6.07, 6.45) is 6.13. The van der Waals surface area contributed by atoms with Crippen molar-refractivity contribution in [3.63, 3.8) is 0 Å². The van der Waals surface area contributed by atoms with Crippen molar-refractivity contribution in [2.45, 2.75) is 19.4 Å². The molecule has 1 aliphatic rings. The van der Waals surface area contributed by atoms with Crippen LogP contribution in [0.2, 0.25) is 0 Å². The average Bonchev–Trinajstić information content (AvgIpc) is 3.01. The molecule has 142 valence electrons. The first-order valence-electron chi connectivity index (χ1n) is 9.26. The summed E-state index contributed by atoms with van der Waals surface area (Å²) in [6.45, 7) is 0.531. The van der Waals surface area contributed by atoms with Gasteiger partial charge in [-0.1, -0.05) is 18.2 Å². The van der Waals surface area contributed by atoms with Crippen LogP contribution in [0.1, 0.15) is 23.2 Å². The highest BCUT2D eigenvalue weighted by Gasteiger charge is 2.16. The van der Waals surface area contributed by atoms with Crippen molar-refractivity contribution in [2.75, 3.05) is 12.4 Å². The number of nitrogens with zero attached hydrogens (tertiary/aromatic N) is 3. The lowest BCUT2D eigenvalue weighted by molar-refractivity contribution is -0.125. The quantitative estimate of drug-likeness (QED) is 0.714. The molecular formula is C22H22N4O2. The Labute approximate surface area is 163 Å². The lowest BCUT2D eigenvalue weighted by Crippen LogP contribution is -2.25. The maximum atomic E-state index is 12.5. The summed E-state index contributed by atoms with van der Waals surface area (Å²) in [7, 11) is 3.81. The largest absolute Gasteiger partial charge is 0.346 e. The van der Waals surface area contributed by atoms with E-state index < -0.39 is 0 Å². The van der Waals surface area contributed by atoms with Crippen LogP contribution in [0.25, 0.3) is 17.0 Å². The van der Waals surface area contributed by atoms with Crippen LogP contribution in [-0.4, -0.2) is 33.3 Å². The number of aryl methyl sites for hydroxylation is 2. The number of benzene rings is 1. The van der Waals surface area contributed by atoms with Crippen LogP contribution in [0, 0.1) is 0 Å². The summed E-state index contributed by atoms with van der Waals surface area (Å²) in [5.41, 5.74) is 4.08. The second-order valence-electron chi connectivity index (χ2n) is 7.11. The Morgan fingerprint density at radius 3 is 2.93 bits per heavy atom. The number of pyridine rings is 1. The van der Waals surface area contributed by atoms with Gasteiger partial charge in [-0.2, -0.15) is 0 Å². The highest BCUT2D eigenvalue weighted by Crippen LogP contribution is 2.22. The number of aromatic nitrogens is 2. The monoisotopic (exact) mass is 374 g/mol. The van der Waals surface area contributed by atoms with Gasteiger partial charge in [0, 0.05) is 44.0 Å². The van der Waals surface area contributed by atoms with E-state index in [2.05, 4.69) is 33.1 Å². The minimum absolute atomic E-state index is 0.00608. The molecule has 0 fully saturated rings. The number of carbonyl (C=O) groups excluding carboxylic acids is 2. The van der Waals surface area contributed by atoms with Gasteiger partial charge in [0.1, 0.15) is 5.82 Å². The molecule has 0 bridgehead atoms. The number of rotatable bonds is 4. The number of hydrogen-bond acceptors (Lipinski definition) is 3. The second-order valence-corrected chi connectivity index (χ2v) is 7.11. The van der Waals surface area contributed by atoms with E-state index in [0.717, 1.165) is 22.3 Å².